The first-order chi connectivity index (χ1) is 9.92. The SMILES string of the molecule is CCCCN(C)CC(P)(N(C)CCCC)N(C)CCCC. The van der Waals surface area contributed by atoms with Crippen LogP contribution in [0.5, 0.6) is 0 Å². The smallest absolute Gasteiger partial charge is 0.100 e. The Hall–Kier alpha value is 0.310. The van der Waals surface area contributed by atoms with Gasteiger partial charge < -0.3 is 4.90 Å². The lowest BCUT2D eigenvalue weighted by Gasteiger charge is -2.47. The van der Waals surface area contributed by atoms with Gasteiger partial charge >= 0.3 is 0 Å². The molecule has 128 valence electrons. The predicted molar refractivity (Wildman–Crippen MR) is 99.9 cm³/mol. The summed E-state index contributed by atoms with van der Waals surface area (Å²) in [7, 11) is 9.97. The molecule has 0 aliphatic rings. The number of hydrogen-bond acceptors (Lipinski definition) is 3. The molecule has 0 aromatic carbocycles. The Morgan fingerprint density at radius 1 is 0.714 bits per heavy atom. The van der Waals surface area contributed by atoms with Gasteiger partial charge in [-0.15, -0.1) is 0 Å². The fourth-order valence-electron chi connectivity index (χ4n) is 2.61. The maximum absolute atomic E-state index is 3.16. The molecule has 21 heavy (non-hydrogen) atoms. The number of hydrogen-bond donors (Lipinski definition) is 0. The molecule has 0 radical (unpaired) electrons. The van der Waals surface area contributed by atoms with E-state index in [-0.39, 0.29) is 5.40 Å². The molecule has 1 unspecified atom stereocenters. The van der Waals surface area contributed by atoms with E-state index in [2.05, 4.69) is 65.9 Å². The zero-order valence-corrected chi connectivity index (χ0v) is 16.6. The molecule has 0 N–H and O–H groups in total. The summed E-state index contributed by atoms with van der Waals surface area (Å²) in [5.41, 5.74) is 0. The standard InChI is InChI=1S/C17H40N3P/c1-7-10-13-18(4)16-17(21,19(5)14-11-8-2)20(6)15-12-9-3/h7-16,21H2,1-6H3. The van der Waals surface area contributed by atoms with Crippen LogP contribution in [0, 0.1) is 0 Å². The summed E-state index contributed by atoms with van der Waals surface area (Å²) in [4.78, 5) is 7.54. The Bertz CT molecular complexity index is 234. The van der Waals surface area contributed by atoms with E-state index < -0.39 is 0 Å². The quantitative estimate of drug-likeness (QED) is 0.379. The van der Waals surface area contributed by atoms with E-state index in [1.54, 1.807) is 0 Å². The van der Waals surface area contributed by atoms with E-state index in [1.807, 2.05) is 0 Å². The van der Waals surface area contributed by atoms with Gasteiger partial charge in [-0.25, -0.2) is 0 Å². The molecular weight excluding hydrogens is 277 g/mol. The maximum atomic E-state index is 3.16. The lowest BCUT2D eigenvalue weighted by Crippen LogP contribution is -2.59. The molecule has 0 fully saturated rings. The monoisotopic (exact) mass is 317 g/mol. The second-order valence-electron chi connectivity index (χ2n) is 6.52. The second kappa shape index (κ2) is 11.8. The zero-order valence-electron chi connectivity index (χ0n) is 15.5. The first-order valence-corrected chi connectivity index (χ1v) is 9.39. The van der Waals surface area contributed by atoms with Crippen molar-refractivity contribution >= 4 is 9.24 Å². The van der Waals surface area contributed by atoms with Crippen LogP contribution in [0.2, 0.25) is 0 Å². The molecule has 0 rings (SSSR count). The van der Waals surface area contributed by atoms with Gasteiger partial charge in [0.05, 0.1) is 0 Å². The van der Waals surface area contributed by atoms with Crippen molar-refractivity contribution in [1.29, 1.82) is 0 Å². The third-order valence-corrected chi connectivity index (χ3v) is 5.48. The van der Waals surface area contributed by atoms with E-state index in [9.17, 15) is 0 Å². The first kappa shape index (κ1) is 21.3. The number of rotatable bonds is 13. The van der Waals surface area contributed by atoms with Crippen LogP contribution >= 0.6 is 9.24 Å². The summed E-state index contributed by atoms with van der Waals surface area (Å²) in [6.07, 6.45) is 7.62. The number of likely N-dealkylation sites (N-methyl/N-ethyl adjacent to an activating group) is 3. The van der Waals surface area contributed by atoms with Crippen LogP contribution in [0.4, 0.5) is 0 Å². The average molecular weight is 318 g/mol. The normalized spacial score (nSPS) is 12.9. The Kier molecular flexibility index (Phi) is 12.0. The van der Waals surface area contributed by atoms with Crippen LogP contribution in [-0.2, 0) is 0 Å². The molecule has 0 aromatic rings. The van der Waals surface area contributed by atoms with E-state index >= 15 is 0 Å². The van der Waals surface area contributed by atoms with Gasteiger partial charge in [0.25, 0.3) is 0 Å². The van der Waals surface area contributed by atoms with Gasteiger partial charge in [0.1, 0.15) is 5.40 Å². The molecule has 0 saturated heterocycles. The molecule has 0 bridgehead atoms. The molecule has 1 atom stereocenters. The molecular formula is C17H40N3P. The van der Waals surface area contributed by atoms with Gasteiger partial charge in [0.2, 0.25) is 0 Å². The molecule has 0 aromatic heterocycles. The summed E-state index contributed by atoms with van der Waals surface area (Å²) in [5, 5.41) is 0.0484. The van der Waals surface area contributed by atoms with Gasteiger partial charge in [-0.2, -0.15) is 0 Å². The maximum Gasteiger partial charge on any atom is 0.100 e. The van der Waals surface area contributed by atoms with Crippen molar-refractivity contribution in [2.24, 2.45) is 0 Å². The lowest BCUT2D eigenvalue weighted by molar-refractivity contribution is 0.0216. The molecule has 0 saturated carbocycles. The highest BCUT2D eigenvalue weighted by Crippen LogP contribution is 2.28. The van der Waals surface area contributed by atoms with Gasteiger partial charge in [-0.3, -0.25) is 9.80 Å². The summed E-state index contributed by atoms with van der Waals surface area (Å²) in [6, 6.07) is 0. The highest BCUT2D eigenvalue weighted by Gasteiger charge is 2.34. The number of nitrogens with zero attached hydrogens (tertiary/aromatic N) is 3. The van der Waals surface area contributed by atoms with Gasteiger partial charge in [-0.05, 0) is 60.0 Å². The molecule has 0 amide bonds. The van der Waals surface area contributed by atoms with Crippen molar-refractivity contribution in [3.05, 3.63) is 0 Å². The average Bonchev–Trinajstić information content (AvgIpc) is 2.47. The van der Waals surface area contributed by atoms with Crippen molar-refractivity contribution in [2.75, 3.05) is 47.3 Å². The third kappa shape index (κ3) is 7.93. The van der Waals surface area contributed by atoms with E-state index in [0.717, 1.165) is 19.6 Å². The van der Waals surface area contributed by atoms with Gasteiger partial charge in [0.15, 0.2) is 0 Å². The fourth-order valence-corrected chi connectivity index (χ4v) is 3.18. The molecule has 0 spiro atoms. The van der Waals surface area contributed by atoms with Crippen LogP contribution in [0.25, 0.3) is 0 Å². The topological polar surface area (TPSA) is 9.72 Å². The van der Waals surface area contributed by atoms with E-state index in [4.69, 9.17) is 0 Å². The van der Waals surface area contributed by atoms with Crippen molar-refractivity contribution in [3.8, 4) is 0 Å². The van der Waals surface area contributed by atoms with E-state index in [0.29, 0.717) is 0 Å². The Balaban J connectivity index is 4.78. The molecule has 0 aliphatic heterocycles. The Labute approximate surface area is 136 Å². The predicted octanol–water partition coefficient (Wildman–Crippen LogP) is 3.71. The first-order valence-electron chi connectivity index (χ1n) is 8.82. The number of unbranched alkanes of at least 4 members (excludes halogenated alkanes) is 3. The van der Waals surface area contributed by atoms with Crippen LogP contribution in [0.1, 0.15) is 59.3 Å². The summed E-state index contributed by atoms with van der Waals surface area (Å²) < 4.78 is 0. The van der Waals surface area contributed by atoms with Crippen LogP contribution < -0.4 is 0 Å². The minimum absolute atomic E-state index is 0.0484. The molecule has 0 heterocycles. The van der Waals surface area contributed by atoms with Crippen LogP contribution in [-0.4, -0.2) is 67.4 Å². The van der Waals surface area contributed by atoms with Gasteiger partial charge in [-0.1, -0.05) is 49.3 Å². The minimum atomic E-state index is 0.0484. The van der Waals surface area contributed by atoms with Gasteiger partial charge in [0, 0.05) is 6.54 Å². The van der Waals surface area contributed by atoms with Crippen molar-refractivity contribution < 1.29 is 0 Å². The molecule has 4 heteroatoms. The van der Waals surface area contributed by atoms with Crippen LogP contribution in [0.15, 0.2) is 0 Å². The minimum Gasteiger partial charge on any atom is -0.303 e. The largest absolute Gasteiger partial charge is 0.303 e. The summed E-state index contributed by atoms with van der Waals surface area (Å²) in [5.74, 6) is 0. The molecule has 3 nitrogen and oxygen atoms in total. The van der Waals surface area contributed by atoms with E-state index in [1.165, 1.54) is 45.1 Å². The Morgan fingerprint density at radius 3 is 1.48 bits per heavy atom. The second-order valence-corrected chi connectivity index (χ2v) is 7.44. The lowest BCUT2D eigenvalue weighted by atomic mass is 10.2. The third-order valence-electron chi connectivity index (χ3n) is 4.41. The van der Waals surface area contributed by atoms with Crippen molar-refractivity contribution in [1.82, 2.24) is 14.7 Å². The zero-order chi connectivity index (χ0) is 16.3. The fraction of sp³-hybridized carbons (Fsp3) is 1.00. The van der Waals surface area contributed by atoms with Crippen LogP contribution in [0.3, 0.4) is 0 Å². The Morgan fingerprint density at radius 2 is 1.10 bits per heavy atom. The van der Waals surface area contributed by atoms with Crippen molar-refractivity contribution in [2.45, 2.75) is 64.7 Å². The van der Waals surface area contributed by atoms with Crippen molar-refractivity contribution in [3.63, 3.8) is 0 Å². The highest BCUT2D eigenvalue weighted by molar-refractivity contribution is 7.18. The molecule has 0 aliphatic carbocycles. The highest BCUT2D eigenvalue weighted by atomic mass is 31.0. The summed E-state index contributed by atoms with van der Waals surface area (Å²) in [6.45, 7) is 11.4. The summed E-state index contributed by atoms with van der Waals surface area (Å²) >= 11 is 0.